The van der Waals surface area contributed by atoms with Crippen LogP contribution in [0.1, 0.15) is 68.2 Å². The fraction of sp³-hybridized carbons (Fsp3) is 0.333. The van der Waals surface area contributed by atoms with E-state index in [4.69, 9.17) is 14.2 Å². The SMILES string of the molecule is CCOC(=O)c1cc(C2(c3ccc(C)c(CCOC=O)c3)c3cc(C)ccc3-c3ccc(C)cc32)ccc1OCCCN(C)C. The van der Waals surface area contributed by atoms with Gasteiger partial charge in [0.1, 0.15) is 11.3 Å². The Hall–Kier alpha value is -4.42. The van der Waals surface area contributed by atoms with Crippen LogP contribution in [0.3, 0.4) is 0 Å². The first-order valence-corrected chi connectivity index (χ1v) is 15.7. The molecule has 0 saturated carbocycles. The lowest BCUT2D eigenvalue weighted by molar-refractivity contribution is -0.128. The normalized spacial score (nSPS) is 12.9. The lowest BCUT2D eigenvalue weighted by Crippen LogP contribution is -2.29. The van der Waals surface area contributed by atoms with Gasteiger partial charge < -0.3 is 19.1 Å². The van der Waals surface area contributed by atoms with Crippen LogP contribution in [0.5, 0.6) is 5.75 Å². The predicted octanol–water partition coefficient (Wildman–Crippen LogP) is 7.20. The summed E-state index contributed by atoms with van der Waals surface area (Å²) in [4.78, 5) is 26.6. The van der Waals surface area contributed by atoms with Gasteiger partial charge in [-0.1, -0.05) is 71.8 Å². The molecule has 0 amide bonds. The molecule has 0 unspecified atom stereocenters. The van der Waals surface area contributed by atoms with Crippen LogP contribution in [0.2, 0.25) is 0 Å². The minimum Gasteiger partial charge on any atom is -0.493 e. The number of carbonyl (C=O) groups excluding carboxylic acids is 2. The van der Waals surface area contributed by atoms with E-state index in [-0.39, 0.29) is 6.61 Å². The number of carbonyl (C=O) groups is 2. The highest BCUT2D eigenvalue weighted by molar-refractivity contribution is 5.94. The zero-order valence-electron chi connectivity index (χ0n) is 27.2. The van der Waals surface area contributed by atoms with Crippen molar-refractivity contribution in [3.8, 4) is 16.9 Å². The second-order valence-corrected chi connectivity index (χ2v) is 12.1. The van der Waals surface area contributed by atoms with Gasteiger partial charge in [0.15, 0.2) is 0 Å². The van der Waals surface area contributed by atoms with Gasteiger partial charge >= 0.3 is 5.97 Å². The lowest BCUT2D eigenvalue weighted by atomic mass is 9.66. The maximum Gasteiger partial charge on any atom is 0.341 e. The third kappa shape index (κ3) is 6.25. The van der Waals surface area contributed by atoms with Gasteiger partial charge in [-0.2, -0.15) is 0 Å². The number of fused-ring (bicyclic) bond motifs is 3. The number of esters is 1. The number of hydrogen-bond acceptors (Lipinski definition) is 6. The highest BCUT2D eigenvalue weighted by Crippen LogP contribution is 2.57. The molecule has 234 valence electrons. The summed E-state index contributed by atoms with van der Waals surface area (Å²) in [5.41, 5.74) is 10.9. The first-order valence-electron chi connectivity index (χ1n) is 15.7. The van der Waals surface area contributed by atoms with Gasteiger partial charge in [0.05, 0.1) is 25.2 Å². The van der Waals surface area contributed by atoms with Crippen molar-refractivity contribution in [2.24, 2.45) is 0 Å². The molecule has 0 aliphatic heterocycles. The van der Waals surface area contributed by atoms with Crippen LogP contribution in [-0.4, -0.2) is 57.8 Å². The Kier molecular flexibility index (Phi) is 9.74. The second-order valence-electron chi connectivity index (χ2n) is 12.1. The van der Waals surface area contributed by atoms with Gasteiger partial charge in [0.2, 0.25) is 0 Å². The average molecular weight is 606 g/mol. The molecule has 0 N–H and O–H groups in total. The van der Waals surface area contributed by atoms with E-state index in [1.807, 2.05) is 33.2 Å². The van der Waals surface area contributed by atoms with Crippen LogP contribution in [0.15, 0.2) is 72.8 Å². The molecule has 0 aromatic heterocycles. The van der Waals surface area contributed by atoms with Gasteiger partial charge in [-0.15, -0.1) is 0 Å². The molecule has 4 aromatic rings. The molecule has 4 aromatic carbocycles. The van der Waals surface area contributed by atoms with E-state index in [2.05, 4.69) is 86.3 Å². The second kappa shape index (κ2) is 13.7. The Morgan fingerprint density at radius 2 is 1.47 bits per heavy atom. The van der Waals surface area contributed by atoms with Crippen molar-refractivity contribution >= 4 is 12.4 Å². The maximum absolute atomic E-state index is 13.5. The molecule has 0 saturated heterocycles. The van der Waals surface area contributed by atoms with Gasteiger partial charge in [0, 0.05) is 13.0 Å². The highest BCUT2D eigenvalue weighted by atomic mass is 16.5. The van der Waals surface area contributed by atoms with Crippen molar-refractivity contribution in [3.05, 3.63) is 123 Å². The quantitative estimate of drug-likeness (QED) is 0.0804. The largest absolute Gasteiger partial charge is 0.493 e. The third-order valence-corrected chi connectivity index (χ3v) is 8.70. The molecule has 1 aliphatic rings. The summed E-state index contributed by atoms with van der Waals surface area (Å²) < 4.78 is 16.9. The Morgan fingerprint density at radius 1 is 0.822 bits per heavy atom. The first-order chi connectivity index (χ1) is 21.7. The minimum atomic E-state index is -0.721. The summed E-state index contributed by atoms with van der Waals surface area (Å²) in [6, 6.07) is 25.9. The van der Waals surface area contributed by atoms with E-state index in [0.717, 1.165) is 57.5 Å². The molecule has 0 spiro atoms. The minimum absolute atomic E-state index is 0.266. The maximum atomic E-state index is 13.5. The van der Waals surface area contributed by atoms with Gasteiger partial charge in [-0.3, -0.25) is 4.79 Å². The van der Waals surface area contributed by atoms with E-state index in [1.165, 1.54) is 11.1 Å². The summed E-state index contributed by atoms with van der Waals surface area (Å²) in [6.07, 6.45) is 1.43. The molecule has 0 radical (unpaired) electrons. The number of nitrogens with zero attached hydrogens (tertiary/aromatic N) is 1. The summed E-state index contributed by atoms with van der Waals surface area (Å²) in [5.74, 6) is 0.119. The monoisotopic (exact) mass is 605 g/mol. The molecule has 45 heavy (non-hydrogen) atoms. The van der Waals surface area contributed by atoms with Crippen LogP contribution < -0.4 is 4.74 Å². The molecule has 0 heterocycles. The Labute approximate surface area is 266 Å². The zero-order valence-corrected chi connectivity index (χ0v) is 27.2. The summed E-state index contributed by atoms with van der Waals surface area (Å²) in [7, 11) is 4.07. The lowest BCUT2D eigenvalue weighted by Gasteiger charge is -2.35. The number of ether oxygens (including phenoxy) is 3. The molecule has 5 rings (SSSR count). The van der Waals surface area contributed by atoms with Crippen LogP contribution in [-0.2, 0) is 26.1 Å². The first kappa shape index (κ1) is 32.0. The van der Waals surface area contributed by atoms with Crippen molar-refractivity contribution < 1.29 is 23.8 Å². The smallest absolute Gasteiger partial charge is 0.341 e. The molecule has 6 nitrogen and oxygen atoms in total. The van der Waals surface area contributed by atoms with Gasteiger partial charge in [-0.25, -0.2) is 4.79 Å². The van der Waals surface area contributed by atoms with E-state index in [1.54, 1.807) is 0 Å². The molecular weight excluding hydrogens is 562 g/mol. The number of benzene rings is 4. The van der Waals surface area contributed by atoms with E-state index >= 15 is 0 Å². The predicted molar refractivity (Wildman–Crippen MR) is 178 cm³/mol. The zero-order chi connectivity index (χ0) is 32.1. The van der Waals surface area contributed by atoms with Gasteiger partial charge in [0.25, 0.3) is 6.47 Å². The van der Waals surface area contributed by atoms with Crippen molar-refractivity contribution in [2.75, 3.05) is 40.5 Å². The highest BCUT2D eigenvalue weighted by Gasteiger charge is 2.47. The van der Waals surface area contributed by atoms with Crippen LogP contribution in [0.4, 0.5) is 0 Å². The van der Waals surface area contributed by atoms with E-state index in [0.29, 0.717) is 37.4 Å². The fourth-order valence-electron chi connectivity index (χ4n) is 6.55. The molecule has 1 aliphatic carbocycles. The topological polar surface area (TPSA) is 65.1 Å². The molecule has 6 heteroatoms. The standard InChI is InChI=1S/C39H43NO5/c1-7-44-38(42)34-24-31(13-16-37(34)45-19-8-18-40(5)6)39(30-12-11-28(4)29(23-30)17-20-43-25-41)35-21-26(2)9-14-32(35)33-15-10-27(3)22-36(33)39/h9-16,21-25H,7-8,17-20H2,1-6H3. The number of aryl methyl sites for hydroxylation is 3. The Balaban J connectivity index is 1.79. The molecule has 0 atom stereocenters. The average Bonchev–Trinajstić information content (AvgIpc) is 3.29. The number of hydrogen-bond donors (Lipinski definition) is 0. The van der Waals surface area contributed by atoms with Crippen LogP contribution in [0, 0.1) is 20.8 Å². The van der Waals surface area contributed by atoms with Crippen molar-refractivity contribution in [3.63, 3.8) is 0 Å². The van der Waals surface area contributed by atoms with E-state index in [9.17, 15) is 9.59 Å². The Bertz CT molecular complexity index is 1650. The van der Waals surface area contributed by atoms with Crippen molar-refractivity contribution in [1.82, 2.24) is 4.90 Å². The van der Waals surface area contributed by atoms with E-state index < -0.39 is 11.4 Å². The van der Waals surface area contributed by atoms with Crippen LogP contribution >= 0.6 is 0 Å². The van der Waals surface area contributed by atoms with Crippen molar-refractivity contribution in [2.45, 2.75) is 46.0 Å². The fourth-order valence-corrected chi connectivity index (χ4v) is 6.55. The molecule has 0 bridgehead atoms. The molecule has 0 fully saturated rings. The van der Waals surface area contributed by atoms with Gasteiger partial charge in [-0.05, 0) is 105 Å². The summed E-state index contributed by atoms with van der Waals surface area (Å²) in [5, 5.41) is 0. The molecular formula is C39H43NO5. The summed E-state index contributed by atoms with van der Waals surface area (Å²) in [6.45, 7) is 10.6. The van der Waals surface area contributed by atoms with Crippen molar-refractivity contribution in [1.29, 1.82) is 0 Å². The van der Waals surface area contributed by atoms with Crippen LogP contribution in [0.25, 0.3) is 11.1 Å². The Morgan fingerprint density at radius 3 is 2.09 bits per heavy atom. The third-order valence-electron chi connectivity index (χ3n) is 8.70. The summed E-state index contributed by atoms with van der Waals surface area (Å²) >= 11 is 0. The number of rotatable bonds is 13.